The van der Waals surface area contributed by atoms with Gasteiger partial charge >= 0.3 is 0 Å². The molecule has 2 nitrogen and oxygen atoms in total. The van der Waals surface area contributed by atoms with Gasteiger partial charge in [0.05, 0.1) is 18.9 Å². The summed E-state index contributed by atoms with van der Waals surface area (Å²) >= 11 is 0. The first kappa shape index (κ1) is 8.70. The Morgan fingerprint density at radius 2 is 2.46 bits per heavy atom. The maximum atomic E-state index is 5.51. The Morgan fingerprint density at radius 3 is 3.23 bits per heavy atom. The van der Waals surface area contributed by atoms with Gasteiger partial charge in [0, 0.05) is 12.1 Å². The summed E-state index contributed by atoms with van der Waals surface area (Å²) in [6.45, 7) is 5.83. The van der Waals surface area contributed by atoms with Crippen molar-refractivity contribution < 1.29 is 4.74 Å². The molecule has 0 aliphatic carbocycles. The number of ether oxygens (including phenoxy) is 1. The maximum Gasteiger partial charge on any atom is 0.0735 e. The molecular formula is C11H15NO. The molecule has 0 aromatic carbocycles. The smallest absolute Gasteiger partial charge is 0.0735 e. The van der Waals surface area contributed by atoms with Gasteiger partial charge in [0.25, 0.3) is 0 Å². The molecule has 0 radical (unpaired) electrons. The molecule has 2 heteroatoms. The summed E-state index contributed by atoms with van der Waals surface area (Å²) in [4.78, 5) is 4.49. The van der Waals surface area contributed by atoms with Crippen molar-refractivity contribution in [2.45, 2.75) is 32.8 Å². The van der Waals surface area contributed by atoms with Gasteiger partial charge < -0.3 is 4.74 Å². The van der Waals surface area contributed by atoms with Crippen LogP contribution in [0.5, 0.6) is 0 Å². The average Bonchev–Trinajstić information content (AvgIpc) is 2.16. The average molecular weight is 177 g/mol. The van der Waals surface area contributed by atoms with E-state index in [4.69, 9.17) is 4.74 Å². The van der Waals surface area contributed by atoms with Gasteiger partial charge in [-0.1, -0.05) is 13.0 Å². The maximum absolute atomic E-state index is 5.51. The summed E-state index contributed by atoms with van der Waals surface area (Å²) in [5.74, 6) is 0.504. The summed E-state index contributed by atoms with van der Waals surface area (Å²) < 4.78 is 5.51. The van der Waals surface area contributed by atoms with E-state index < -0.39 is 0 Å². The number of aryl methyl sites for hydroxylation is 1. The van der Waals surface area contributed by atoms with Crippen LogP contribution in [0.4, 0.5) is 0 Å². The third-order valence-electron chi connectivity index (χ3n) is 2.59. The molecule has 0 spiro atoms. The molecule has 1 unspecified atom stereocenters. The van der Waals surface area contributed by atoms with E-state index in [1.165, 1.54) is 16.8 Å². The minimum atomic E-state index is 0.504. The van der Waals surface area contributed by atoms with Gasteiger partial charge in [0.1, 0.15) is 0 Å². The number of pyridine rings is 1. The first-order chi connectivity index (χ1) is 6.31. The molecule has 2 rings (SSSR count). The van der Waals surface area contributed by atoms with Crippen LogP contribution in [0, 0.1) is 6.92 Å². The fourth-order valence-electron chi connectivity index (χ4n) is 1.82. The van der Waals surface area contributed by atoms with Gasteiger partial charge in [-0.2, -0.15) is 0 Å². The number of fused-ring (bicyclic) bond motifs is 1. The van der Waals surface area contributed by atoms with Crippen LogP contribution in [0.1, 0.15) is 36.1 Å². The second-order valence-corrected chi connectivity index (χ2v) is 3.68. The summed E-state index contributed by atoms with van der Waals surface area (Å²) in [6.07, 6.45) is 3.07. The van der Waals surface area contributed by atoms with Crippen LogP contribution in [0.3, 0.4) is 0 Å². The van der Waals surface area contributed by atoms with E-state index in [1.54, 1.807) is 0 Å². The second-order valence-electron chi connectivity index (χ2n) is 3.68. The zero-order valence-corrected chi connectivity index (χ0v) is 8.21. The molecule has 1 aromatic heterocycles. The lowest BCUT2D eigenvalue weighted by Crippen LogP contribution is -2.17. The van der Waals surface area contributed by atoms with E-state index >= 15 is 0 Å². The van der Waals surface area contributed by atoms with Gasteiger partial charge in [0.2, 0.25) is 0 Å². The zero-order valence-electron chi connectivity index (χ0n) is 8.21. The number of aromatic nitrogens is 1. The SMILES string of the molecule is CCC1COCc2cc(C)cnc21. The lowest BCUT2D eigenvalue weighted by molar-refractivity contribution is 0.0879. The van der Waals surface area contributed by atoms with Crippen molar-refractivity contribution in [2.75, 3.05) is 6.61 Å². The van der Waals surface area contributed by atoms with Crippen molar-refractivity contribution >= 4 is 0 Å². The monoisotopic (exact) mass is 177 g/mol. The van der Waals surface area contributed by atoms with Gasteiger partial charge in [0.15, 0.2) is 0 Å². The highest BCUT2D eigenvalue weighted by atomic mass is 16.5. The molecular weight excluding hydrogens is 162 g/mol. The summed E-state index contributed by atoms with van der Waals surface area (Å²) in [7, 11) is 0. The van der Waals surface area contributed by atoms with E-state index in [-0.39, 0.29) is 0 Å². The van der Waals surface area contributed by atoms with Gasteiger partial charge in [-0.15, -0.1) is 0 Å². The van der Waals surface area contributed by atoms with Crippen LogP contribution >= 0.6 is 0 Å². The Bertz CT molecular complexity index is 309. The predicted molar refractivity (Wildman–Crippen MR) is 51.7 cm³/mol. The van der Waals surface area contributed by atoms with Crippen LogP contribution in [-0.2, 0) is 11.3 Å². The molecule has 70 valence electrons. The molecule has 0 bridgehead atoms. The van der Waals surface area contributed by atoms with Crippen LogP contribution in [0.2, 0.25) is 0 Å². The molecule has 0 fully saturated rings. The van der Waals surface area contributed by atoms with Crippen molar-refractivity contribution in [2.24, 2.45) is 0 Å². The van der Waals surface area contributed by atoms with Crippen LogP contribution in [0.15, 0.2) is 12.3 Å². The zero-order chi connectivity index (χ0) is 9.26. The minimum absolute atomic E-state index is 0.504. The molecule has 13 heavy (non-hydrogen) atoms. The quantitative estimate of drug-likeness (QED) is 0.657. The topological polar surface area (TPSA) is 22.1 Å². The van der Waals surface area contributed by atoms with Crippen molar-refractivity contribution in [3.8, 4) is 0 Å². The molecule has 1 aliphatic rings. The third-order valence-corrected chi connectivity index (χ3v) is 2.59. The Labute approximate surface area is 78.9 Å². The number of hydrogen-bond acceptors (Lipinski definition) is 2. The van der Waals surface area contributed by atoms with Crippen LogP contribution in [-0.4, -0.2) is 11.6 Å². The number of hydrogen-bond donors (Lipinski definition) is 0. The lowest BCUT2D eigenvalue weighted by atomic mass is 9.96. The van der Waals surface area contributed by atoms with Crippen molar-refractivity contribution in [3.63, 3.8) is 0 Å². The molecule has 1 aliphatic heterocycles. The first-order valence-electron chi connectivity index (χ1n) is 4.84. The first-order valence-corrected chi connectivity index (χ1v) is 4.84. The fourth-order valence-corrected chi connectivity index (χ4v) is 1.82. The minimum Gasteiger partial charge on any atom is -0.376 e. The lowest BCUT2D eigenvalue weighted by Gasteiger charge is -2.23. The summed E-state index contributed by atoms with van der Waals surface area (Å²) in [5, 5.41) is 0. The van der Waals surface area contributed by atoms with Crippen molar-refractivity contribution in [3.05, 3.63) is 29.1 Å². The number of nitrogens with zero attached hydrogens (tertiary/aromatic N) is 1. The van der Waals surface area contributed by atoms with E-state index in [2.05, 4.69) is 24.9 Å². The van der Waals surface area contributed by atoms with Gasteiger partial charge in [-0.3, -0.25) is 4.98 Å². The van der Waals surface area contributed by atoms with Gasteiger partial charge in [-0.25, -0.2) is 0 Å². The normalized spacial score (nSPS) is 21.2. The highest BCUT2D eigenvalue weighted by Gasteiger charge is 2.20. The summed E-state index contributed by atoms with van der Waals surface area (Å²) in [5.41, 5.74) is 3.75. The molecule has 2 heterocycles. The highest BCUT2D eigenvalue weighted by molar-refractivity contribution is 5.28. The van der Waals surface area contributed by atoms with Gasteiger partial charge in [-0.05, 0) is 24.5 Å². The molecule has 0 saturated carbocycles. The largest absolute Gasteiger partial charge is 0.376 e. The second kappa shape index (κ2) is 3.46. The predicted octanol–water partition coefficient (Wildman–Crippen LogP) is 2.41. The Morgan fingerprint density at radius 1 is 1.62 bits per heavy atom. The Hall–Kier alpha value is -0.890. The van der Waals surface area contributed by atoms with Crippen molar-refractivity contribution in [1.82, 2.24) is 4.98 Å². The highest BCUT2D eigenvalue weighted by Crippen LogP contribution is 2.27. The van der Waals surface area contributed by atoms with Crippen molar-refractivity contribution in [1.29, 1.82) is 0 Å². The molecule has 0 N–H and O–H groups in total. The van der Waals surface area contributed by atoms with Crippen LogP contribution < -0.4 is 0 Å². The standard InChI is InChI=1S/C11H15NO/c1-3-9-6-13-7-10-4-8(2)5-12-11(9)10/h4-5,9H,3,6-7H2,1-2H3. The third kappa shape index (κ3) is 1.59. The van der Waals surface area contributed by atoms with E-state index in [0.717, 1.165) is 19.6 Å². The van der Waals surface area contributed by atoms with E-state index in [0.29, 0.717) is 5.92 Å². The summed E-state index contributed by atoms with van der Waals surface area (Å²) in [6, 6.07) is 2.18. The van der Waals surface area contributed by atoms with Crippen LogP contribution in [0.25, 0.3) is 0 Å². The Kier molecular flexibility index (Phi) is 2.32. The molecule has 0 amide bonds. The molecule has 0 saturated heterocycles. The number of rotatable bonds is 1. The fraction of sp³-hybridized carbons (Fsp3) is 0.545. The van der Waals surface area contributed by atoms with E-state index in [9.17, 15) is 0 Å². The van der Waals surface area contributed by atoms with E-state index in [1.807, 2.05) is 6.20 Å². The molecule has 1 aromatic rings. The Balaban J connectivity index is 2.40. The molecule has 1 atom stereocenters.